The second kappa shape index (κ2) is 12.2. The fourth-order valence-electron chi connectivity index (χ4n) is 3.85. The molecule has 1 heterocycles. The first-order valence-corrected chi connectivity index (χ1v) is 9.98. The molecule has 7 heteroatoms. The summed E-state index contributed by atoms with van der Waals surface area (Å²) in [5.41, 5.74) is 8.60. The topological polar surface area (TPSA) is 58.8 Å². The van der Waals surface area contributed by atoms with E-state index in [-0.39, 0.29) is 48.7 Å². The van der Waals surface area contributed by atoms with Crippen molar-refractivity contribution < 1.29 is 9.53 Å². The monoisotopic (exact) mass is 453 g/mol. The Morgan fingerprint density at radius 1 is 0.933 bits per heavy atom. The number of hydrogen-bond acceptors (Lipinski definition) is 4. The van der Waals surface area contributed by atoms with Crippen LogP contribution in [0.3, 0.4) is 0 Å². The molecule has 2 N–H and O–H groups in total. The molecule has 0 aromatic heterocycles. The maximum absolute atomic E-state index is 13.0. The van der Waals surface area contributed by atoms with Gasteiger partial charge in [-0.1, -0.05) is 49.4 Å². The summed E-state index contributed by atoms with van der Waals surface area (Å²) >= 11 is 0. The average Bonchev–Trinajstić information content (AvgIpc) is 2.77. The lowest BCUT2D eigenvalue weighted by Crippen LogP contribution is -2.51. The van der Waals surface area contributed by atoms with Crippen molar-refractivity contribution >= 4 is 30.7 Å². The number of amides is 1. The van der Waals surface area contributed by atoms with Gasteiger partial charge < -0.3 is 15.4 Å². The quantitative estimate of drug-likeness (QED) is 0.715. The zero-order chi connectivity index (χ0) is 20.1. The molecular formula is C23H33Cl2N3O2. The summed E-state index contributed by atoms with van der Waals surface area (Å²) in [6.45, 7) is 7.33. The molecule has 2 aromatic carbocycles. The molecule has 0 spiro atoms. The molecule has 0 aliphatic carbocycles. The van der Waals surface area contributed by atoms with Crippen molar-refractivity contribution in [1.29, 1.82) is 0 Å². The normalized spacial score (nSPS) is 17.1. The largest absolute Gasteiger partial charge is 0.497 e. The summed E-state index contributed by atoms with van der Waals surface area (Å²) in [7, 11) is 1.69. The van der Waals surface area contributed by atoms with Gasteiger partial charge in [-0.2, -0.15) is 0 Å². The Bertz CT molecular complexity index is 783. The van der Waals surface area contributed by atoms with E-state index in [1.54, 1.807) is 7.11 Å². The average molecular weight is 454 g/mol. The maximum atomic E-state index is 13.0. The lowest BCUT2D eigenvalue weighted by atomic mass is 9.94. The number of methoxy groups -OCH3 is 1. The molecule has 30 heavy (non-hydrogen) atoms. The van der Waals surface area contributed by atoms with Crippen molar-refractivity contribution in [2.24, 2.45) is 11.7 Å². The van der Waals surface area contributed by atoms with Gasteiger partial charge in [-0.25, -0.2) is 0 Å². The molecule has 2 aromatic rings. The number of nitrogens with zero attached hydrogens (tertiary/aromatic N) is 2. The van der Waals surface area contributed by atoms with Gasteiger partial charge in [0.15, 0.2) is 0 Å². The highest BCUT2D eigenvalue weighted by Crippen LogP contribution is 2.26. The number of nitrogens with two attached hydrogens (primary N) is 1. The third-order valence-corrected chi connectivity index (χ3v) is 5.86. The number of carbonyl (C=O) groups excluding carboxylic acids is 1. The van der Waals surface area contributed by atoms with Gasteiger partial charge in [0.1, 0.15) is 5.75 Å². The van der Waals surface area contributed by atoms with Gasteiger partial charge in [-0.3, -0.25) is 9.69 Å². The van der Waals surface area contributed by atoms with Crippen LogP contribution in [0.2, 0.25) is 0 Å². The molecule has 1 aliphatic heterocycles. The Kier molecular flexibility index (Phi) is 10.6. The minimum Gasteiger partial charge on any atom is -0.497 e. The van der Waals surface area contributed by atoms with E-state index in [0.717, 1.165) is 37.5 Å². The molecule has 166 valence electrons. The molecule has 1 amide bonds. The molecule has 0 bridgehead atoms. The maximum Gasteiger partial charge on any atom is 0.227 e. The van der Waals surface area contributed by atoms with Gasteiger partial charge in [0.25, 0.3) is 0 Å². The lowest BCUT2D eigenvalue weighted by molar-refractivity contribution is -0.137. The van der Waals surface area contributed by atoms with Gasteiger partial charge in [0, 0.05) is 38.3 Å². The van der Waals surface area contributed by atoms with Crippen molar-refractivity contribution in [3.63, 3.8) is 0 Å². The Labute approximate surface area is 192 Å². The number of hydrogen-bond donors (Lipinski definition) is 1. The van der Waals surface area contributed by atoms with Crippen LogP contribution in [0.15, 0.2) is 54.6 Å². The van der Waals surface area contributed by atoms with E-state index < -0.39 is 0 Å². The molecule has 5 nitrogen and oxygen atoms in total. The minimum absolute atomic E-state index is 0. The lowest BCUT2D eigenvalue weighted by Gasteiger charge is -2.39. The third kappa shape index (κ3) is 6.11. The number of piperazine rings is 1. The molecule has 3 atom stereocenters. The molecule has 3 rings (SSSR count). The fourth-order valence-corrected chi connectivity index (χ4v) is 3.85. The first-order valence-electron chi connectivity index (χ1n) is 9.98. The van der Waals surface area contributed by atoms with Gasteiger partial charge in [0.2, 0.25) is 5.91 Å². The molecule has 0 radical (unpaired) electrons. The number of benzene rings is 2. The third-order valence-electron chi connectivity index (χ3n) is 5.86. The zero-order valence-electron chi connectivity index (χ0n) is 17.9. The summed E-state index contributed by atoms with van der Waals surface area (Å²) in [5.74, 6) is 0.789. The van der Waals surface area contributed by atoms with Crippen LogP contribution in [0.4, 0.5) is 0 Å². The molecular weight excluding hydrogens is 421 g/mol. The van der Waals surface area contributed by atoms with Crippen molar-refractivity contribution in [3.8, 4) is 5.75 Å². The fraction of sp³-hybridized carbons (Fsp3) is 0.435. The number of halogens is 2. The highest BCUT2D eigenvalue weighted by Gasteiger charge is 2.30. The van der Waals surface area contributed by atoms with Crippen LogP contribution < -0.4 is 10.5 Å². The molecule has 3 unspecified atom stereocenters. The van der Waals surface area contributed by atoms with Gasteiger partial charge in [-0.05, 0) is 30.2 Å². The van der Waals surface area contributed by atoms with Gasteiger partial charge in [0.05, 0.1) is 13.0 Å². The minimum atomic E-state index is -0.276. The standard InChI is InChI=1S/C23H31N3O2.2ClH/c1-17(22(24)19-8-5-4-6-9-19)23(27)26-14-12-25(13-15-26)18(2)20-10-7-11-21(16-20)28-3;;/h4-11,16-18,22H,12-15,24H2,1-3H3;2*1H. The van der Waals surface area contributed by atoms with E-state index in [1.165, 1.54) is 5.56 Å². The van der Waals surface area contributed by atoms with Crippen LogP contribution in [-0.2, 0) is 4.79 Å². The summed E-state index contributed by atoms with van der Waals surface area (Å²) in [5, 5.41) is 0. The first kappa shape index (κ1) is 26.2. The second-order valence-electron chi connectivity index (χ2n) is 7.54. The number of rotatable bonds is 6. The first-order chi connectivity index (χ1) is 13.5. The number of ether oxygens (including phenoxy) is 1. The van der Waals surface area contributed by atoms with Crippen molar-refractivity contribution in [2.75, 3.05) is 33.3 Å². The predicted molar refractivity (Wildman–Crippen MR) is 127 cm³/mol. The Morgan fingerprint density at radius 2 is 1.53 bits per heavy atom. The highest BCUT2D eigenvalue weighted by atomic mass is 35.5. The zero-order valence-corrected chi connectivity index (χ0v) is 19.5. The van der Waals surface area contributed by atoms with E-state index in [9.17, 15) is 4.79 Å². The molecule has 1 fully saturated rings. The summed E-state index contributed by atoms with van der Waals surface area (Å²) in [4.78, 5) is 17.3. The molecule has 1 aliphatic rings. The molecule has 0 saturated carbocycles. The van der Waals surface area contributed by atoms with Crippen LogP contribution in [0, 0.1) is 5.92 Å². The van der Waals surface area contributed by atoms with Crippen molar-refractivity contribution in [1.82, 2.24) is 9.80 Å². The van der Waals surface area contributed by atoms with Crippen LogP contribution in [0.1, 0.15) is 37.1 Å². The predicted octanol–water partition coefficient (Wildman–Crippen LogP) is 4.08. The van der Waals surface area contributed by atoms with Crippen LogP contribution >= 0.6 is 24.8 Å². The van der Waals surface area contributed by atoms with Crippen LogP contribution in [0.25, 0.3) is 0 Å². The Balaban J connectivity index is 0.00000225. The van der Waals surface area contributed by atoms with Gasteiger partial charge in [-0.15, -0.1) is 24.8 Å². The van der Waals surface area contributed by atoms with E-state index in [1.807, 2.05) is 54.3 Å². The SMILES string of the molecule is COc1cccc(C(C)N2CCN(C(=O)C(C)C(N)c3ccccc3)CC2)c1.Cl.Cl. The van der Waals surface area contributed by atoms with Crippen molar-refractivity contribution in [2.45, 2.75) is 25.9 Å². The summed E-state index contributed by atoms with van der Waals surface area (Å²) < 4.78 is 5.34. The Hall–Kier alpha value is -1.79. The van der Waals surface area contributed by atoms with E-state index >= 15 is 0 Å². The molecule has 1 saturated heterocycles. The van der Waals surface area contributed by atoms with Gasteiger partial charge >= 0.3 is 0 Å². The Morgan fingerprint density at radius 3 is 2.13 bits per heavy atom. The highest BCUT2D eigenvalue weighted by molar-refractivity contribution is 5.85. The van der Waals surface area contributed by atoms with Crippen LogP contribution in [0.5, 0.6) is 5.75 Å². The number of carbonyl (C=O) groups is 1. The van der Waals surface area contributed by atoms with E-state index in [0.29, 0.717) is 0 Å². The smallest absolute Gasteiger partial charge is 0.227 e. The summed E-state index contributed by atoms with van der Waals surface area (Å²) in [6.07, 6.45) is 0. The summed E-state index contributed by atoms with van der Waals surface area (Å²) in [6, 6.07) is 18.1. The van der Waals surface area contributed by atoms with Crippen molar-refractivity contribution in [3.05, 3.63) is 65.7 Å². The van der Waals surface area contributed by atoms with E-state index in [4.69, 9.17) is 10.5 Å². The van der Waals surface area contributed by atoms with E-state index in [2.05, 4.69) is 24.0 Å². The second-order valence-corrected chi connectivity index (χ2v) is 7.54. The van der Waals surface area contributed by atoms with Crippen LogP contribution in [-0.4, -0.2) is 49.0 Å².